The van der Waals surface area contributed by atoms with Gasteiger partial charge < -0.3 is 4.57 Å². The summed E-state index contributed by atoms with van der Waals surface area (Å²) in [4.78, 5) is 24.4. The molecule has 0 bridgehead atoms. The Morgan fingerprint density at radius 2 is 1.65 bits per heavy atom. The number of ketones is 1. The number of aromatic nitrogens is 1. The van der Waals surface area contributed by atoms with Gasteiger partial charge in [-0.3, -0.25) is 14.9 Å². The first-order valence-corrected chi connectivity index (χ1v) is 9.55. The van der Waals surface area contributed by atoms with Crippen LogP contribution in [0.1, 0.15) is 15.9 Å². The van der Waals surface area contributed by atoms with Gasteiger partial charge in [-0.05, 0) is 23.8 Å². The molecular formula is C25H17N3O3. The van der Waals surface area contributed by atoms with Gasteiger partial charge in [-0.2, -0.15) is 5.26 Å². The zero-order valence-corrected chi connectivity index (χ0v) is 16.6. The molecule has 0 radical (unpaired) electrons. The van der Waals surface area contributed by atoms with Gasteiger partial charge in [0.05, 0.1) is 21.7 Å². The molecule has 4 rings (SSSR count). The fourth-order valence-electron chi connectivity index (χ4n) is 3.77. The number of carbonyl (C=O) groups excluding carboxylic acids is 1. The third kappa shape index (κ3) is 3.49. The van der Waals surface area contributed by atoms with Crippen molar-refractivity contribution in [1.29, 1.82) is 5.26 Å². The Hall–Kier alpha value is -4.50. The number of Topliss-reactive ketones (excluding diaryl/α,β-unsaturated/α-hetero) is 1. The van der Waals surface area contributed by atoms with Crippen molar-refractivity contribution in [2.24, 2.45) is 7.05 Å². The van der Waals surface area contributed by atoms with E-state index in [9.17, 15) is 20.2 Å². The number of nitro groups is 1. The predicted octanol–water partition coefficient (Wildman–Crippen LogP) is 5.54. The van der Waals surface area contributed by atoms with Gasteiger partial charge in [0, 0.05) is 24.0 Å². The number of para-hydroxylation sites is 2. The van der Waals surface area contributed by atoms with Crippen LogP contribution in [0.4, 0.5) is 5.69 Å². The molecule has 0 fully saturated rings. The molecule has 0 spiro atoms. The standard InChI is InChI=1S/C25H17N3O3/c1-27-22-14-8-6-12-20(22)23(24(27)17-9-3-2-4-10-17)25(29)19(16-26)15-18-11-5-7-13-21(18)28(30)31/h2-15H,1H3/b19-15+. The summed E-state index contributed by atoms with van der Waals surface area (Å²) in [7, 11) is 1.87. The maximum atomic E-state index is 13.6. The average molecular weight is 407 g/mol. The third-order valence-corrected chi connectivity index (χ3v) is 5.18. The summed E-state index contributed by atoms with van der Waals surface area (Å²) >= 11 is 0. The second-order valence-electron chi connectivity index (χ2n) is 6.98. The Balaban J connectivity index is 1.96. The summed E-state index contributed by atoms with van der Waals surface area (Å²) in [5, 5.41) is 21.8. The van der Waals surface area contributed by atoms with E-state index in [1.165, 1.54) is 18.2 Å². The number of nitrogens with zero attached hydrogens (tertiary/aromatic N) is 3. The van der Waals surface area contributed by atoms with Crippen LogP contribution in [0.5, 0.6) is 0 Å². The Morgan fingerprint density at radius 3 is 2.35 bits per heavy atom. The van der Waals surface area contributed by atoms with Crippen molar-refractivity contribution in [2.45, 2.75) is 0 Å². The van der Waals surface area contributed by atoms with E-state index in [-0.39, 0.29) is 16.8 Å². The highest BCUT2D eigenvalue weighted by Gasteiger charge is 2.25. The summed E-state index contributed by atoms with van der Waals surface area (Å²) in [6.45, 7) is 0. The first-order chi connectivity index (χ1) is 15.0. The number of rotatable bonds is 5. The smallest absolute Gasteiger partial charge is 0.276 e. The van der Waals surface area contributed by atoms with Gasteiger partial charge in [-0.1, -0.05) is 60.7 Å². The number of allylic oxidation sites excluding steroid dienone is 1. The molecule has 0 atom stereocenters. The van der Waals surface area contributed by atoms with E-state index in [0.29, 0.717) is 11.3 Å². The summed E-state index contributed by atoms with van der Waals surface area (Å²) in [6.07, 6.45) is 1.29. The SMILES string of the molecule is Cn1c(-c2ccccc2)c(C(=O)/C(C#N)=C/c2ccccc2[N+](=O)[O-])c2ccccc21. The van der Waals surface area contributed by atoms with Gasteiger partial charge in [-0.15, -0.1) is 0 Å². The van der Waals surface area contributed by atoms with Crippen molar-refractivity contribution in [3.8, 4) is 17.3 Å². The molecule has 6 heteroatoms. The maximum absolute atomic E-state index is 13.6. The molecule has 0 N–H and O–H groups in total. The first-order valence-electron chi connectivity index (χ1n) is 9.55. The summed E-state index contributed by atoms with van der Waals surface area (Å²) in [5.41, 5.74) is 2.66. The minimum absolute atomic E-state index is 0.163. The van der Waals surface area contributed by atoms with Crippen LogP contribution in [0.3, 0.4) is 0 Å². The van der Waals surface area contributed by atoms with Crippen LogP contribution < -0.4 is 0 Å². The van der Waals surface area contributed by atoms with Crippen molar-refractivity contribution < 1.29 is 9.72 Å². The van der Waals surface area contributed by atoms with Crippen molar-refractivity contribution in [3.05, 3.63) is 106 Å². The topological polar surface area (TPSA) is 88.9 Å². The van der Waals surface area contributed by atoms with E-state index in [4.69, 9.17) is 0 Å². The summed E-state index contributed by atoms with van der Waals surface area (Å²) in [6, 6.07) is 24.9. The van der Waals surface area contributed by atoms with Crippen molar-refractivity contribution in [3.63, 3.8) is 0 Å². The second kappa shape index (κ2) is 8.09. The molecule has 0 aliphatic heterocycles. The minimum atomic E-state index is -0.529. The highest BCUT2D eigenvalue weighted by Crippen LogP contribution is 2.35. The molecule has 31 heavy (non-hydrogen) atoms. The summed E-state index contributed by atoms with van der Waals surface area (Å²) < 4.78 is 1.93. The van der Waals surface area contributed by atoms with Crippen molar-refractivity contribution in [2.75, 3.05) is 0 Å². The number of carbonyl (C=O) groups is 1. The number of nitriles is 1. The molecule has 1 aromatic heterocycles. The van der Waals surface area contributed by atoms with Gasteiger partial charge in [0.1, 0.15) is 11.6 Å². The molecule has 0 saturated carbocycles. The molecule has 0 aliphatic carbocycles. The number of benzene rings is 3. The van der Waals surface area contributed by atoms with Gasteiger partial charge in [0.2, 0.25) is 5.78 Å². The lowest BCUT2D eigenvalue weighted by Gasteiger charge is -2.08. The lowest BCUT2D eigenvalue weighted by atomic mass is 9.96. The molecule has 3 aromatic carbocycles. The van der Waals surface area contributed by atoms with Gasteiger partial charge in [0.25, 0.3) is 5.69 Å². The number of nitro benzene ring substituents is 1. The molecule has 0 unspecified atom stereocenters. The molecule has 1 heterocycles. The van der Waals surface area contributed by atoms with Gasteiger partial charge in [0.15, 0.2) is 0 Å². The van der Waals surface area contributed by atoms with E-state index in [1.807, 2.05) is 72.3 Å². The first kappa shape index (κ1) is 19.8. The fourth-order valence-corrected chi connectivity index (χ4v) is 3.77. The van der Waals surface area contributed by atoms with E-state index in [0.717, 1.165) is 16.5 Å². The number of aryl methyl sites for hydroxylation is 1. The van der Waals surface area contributed by atoms with Crippen molar-refractivity contribution >= 4 is 28.4 Å². The molecule has 0 amide bonds. The van der Waals surface area contributed by atoms with E-state index >= 15 is 0 Å². The van der Waals surface area contributed by atoms with E-state index in [1.54, 1.807) is 12.1 Å². The molecule has 150 valence electrons. The Labute approximate surface area is 178 Å². The summed E-state index contributed by atoms with van der Waals surface area (Å²) in [5.74, 6) is -0.476. The van der Waals surface area contributed by atoms with Crippen LogP contribution in [0.2, 0.25) is 0 Å². The normalized spacial score (nSPS) is 11.3. The Bertz CT molecular complexity index is 1390. The average Bonchev–Trinajstić information content (AvgIpc) is 3.10. The lowest BCUT2D eigenvalue weighted by molar-refractivity contribution is -0.385. The van der Waals surface area contributed by atoms with Crippen LogP contribution in [0.15, 0.2) is 84.4 Å². The molecule has 0 saturated heterocycles. The minimum Gasteiger partial charge on any atom is -0.343 e. The molecular weight excluding hydrogens is 390 g/mol. The van der Waals surface area contributed by atoms with Crippen LogP contribution in [-0.4, -0.2) is 15.3 Å². The van der Waals surface area contributed by atoms with Crippen LogP contribution >= 0.6 is 0 Å². The largest absolute Gasteiger partial charge is 0.343 e. The highest BCUT2D eigenvalue weighted by molar-refractivity contribution is 6.23. The second-order valence-corrected chi connectivity index (χ2v) is 6.98. The lowest BCUT2D eigenvalue weighted by Crippen LogP contribution is -2.05. The monoisotopic (exact) mass is 407 g/mol. The molecule has 0 aliphatic rings. The van der Waals surface area contributed by atoms with Gasteiger partial charge >= 0.3 is 0 Å². The Kier molecular flexibility index (Phi) is 5.17. The molecule has 4 aromatic rings. The van der Waals surface area contributed by atoms with Crippen LogP contribution in [0.25, 0.3) is 28.2 Å². The number of fused-ring (bicyclic) bond motifs is 1. The van der Waals surface area contributed by atoms with E-state index < -0.39 is 10.7 Å². The van der Waals surface area contributed by atoms with Crippen LogP contribution in [0, 0.1) is 21.4 Å². The Morgan fingerprint density at radius 1 is 1.00 bits per heavy atom. The number of hydrogen-bond donors (Lipinski definition) is 0. The fraction of sp³-hybridized carbons (Fsp3) is 0.0400. The molecule has 6 nitrogen and oxygen atoms in total. The van der Waals surface area contributed by atoms with E-state index in [2.05, 4.69) is 0 Å². The highest BCUT2D eigenvalue weighted by atomic mass is 16.6. The third-order valence-electron chi connectivity index (χ3n) is 5.18. The zero-order chi connectivity index (χ0) is 22.0. The maximum Gasteiger partial charge on any atom is 0.276 e. The van der Waals surface area contributed by atoms with Crippen LogP contribution in [-0.2, 0) is 7.05 Å². The van der Waals surface area contributed by atoms with Gasteiger partial charge in [-0.25, -0.2) is 0 Å². The predicted molar refractivity (Wildman–Crippen MR) is 119 cm³/mol. The number of hydrogen-bond acceptors (Lipinski definition) is 4. The zero-order valence-electron chi connectivity index (χ0n) is 16.6. The van der Waals surface area contributed by atoms with Crippen molar-refractivity contribution in [1.82, 2.24) is 4.57 Å². The quantitative estimate of drug-likeness (QED) is 0.143.